The Bertz CT molecular complexity index is 726. The van der Waals surface area contributed by atoms with Gasteiger partial charge in [0.05, 0.1) is 11.6 Å². The van der Waals surface area contributed by atoms with Crippen LogP contribution in [0.2, 0.25) is 0 Å². The molecular formula is C19H23N3O2. The second-order valence-corrected chi connectivity index (χ2v) is 6.59. The molecule has 2 N–H and O–H groups in total. The fraction of sp³-hybridized carbons (Fsp3) is 0.368. The van der Waals surface area contributed by atoms with E-state index in [0.29, 0.717) is 12.1 Å². The highest BCUT2D eigenvalue weighted by Crippen LogP contribution is 2.40. The summed E-state index contributed by atoms with van der Waals surface area (Å²) in [4.78, 5) is 16.2. The molecule has 1 unspecified atom stereocenters. The number of rotatable bonds is 4. The Balaban J connectivity index is 1.79. The van der Waals surface area contributed by atoms with Crippen molar-refractivity contribution in [1.29, 1.82) is 0 Å². The number of nitrogens with zero attached hydrogens (tertiary/aromatic N) is 1. The molecule has 1 aliphatic heterocycles. The number of amides is 1. The standard InChI is InChI=1S/C19H23N3O2/c1-4-20-18(23)13-9-10-17(21-12-13)22-15-11-19(2,3)24-16-8-6-5-7-14(15)16/h5-10,12,15H,4,11H2,1-3H3,(H,20,23)(H,21,22). The zero-order chi connectivity index (χ0) is 17.2. The molecule has 1 atom stereocenters. The number of ether oxygens (including phenoxy) is 1. The average Bonchev–Trinajstić information content (AvgIpc) is 2.54. The number of benzene rings is 1. The number of aromatic nitrogens is 1. The van der Waals surface area contributed by atoms with Crippen LogP contribution in [-0.2, 0) is 0 Å². The maximum absolute atomic E-state index is 11.8. The van der Waals surface area contributed by atoms with E-state index in [-0.39, 0.29) is 17.6 Å². The van der Waals surface area contributed by atoms with E-state index in [1.165, 1.54) is 0 Å². The van der Waals surface area contributed by atoms with Crippen molar-refractivity contribution >= 4 is 11.7 Å². The molecule has 24 heavy (non-hydrogen) atoms. The Hall–Kier alpha value is -2.56. The zero-order valence-electron chi connectivity index (χ0n) is 14.3. The third-order valence-electron chi connectivity index (χ3n) is 4.06. The molecule has 1 aliphatic rings. The molecule has 5 nitrogen and oxygen atoms in total. The maximum Gasteiger partial charge on any atom is 0.252 e. The van der Waals surface area contributed by atoms with Crippen molar-refractivity contribution in [2.75, 3.05) is 11.9 Å². The first-order valence-electron chi connectivity index (χ1n) is 8.27. The highest BCUT2D eigenvalue weighted by molar-refractivity contribution is 5.93. The predicted octanol–water partition coefficient (Wildman–Crippen LogP) is 3.55. The van der Waals surface area contributed by atoms with Crippen molar-refractivity contribution in [3.8, 4) is 5.75 Å². The molecule has 0 bridgehead atoms. The zero-order valence-corrected chi connectivity index (χ0v) is 14.3. The number of nitrogens with one attached hydrogen (secondary N) is 2. The van der Waals surface area contributed by atoms with Crippen molar-refractivity contribution in [3.63, 3.8) is 0 Å². The summed E-state index contributed by atoms with van der Waals surface area (Å²) in [6.07, 6.45) is 2.44. The minimum absolute atomic E-state index is 0.103. The third kappa shape index (κ3) is 3.50. The summed E-state index contributed by atoms with van der Waals surface area (Å²) in [5.74, 6) is 1.56. The van der Waals surface area contributed by atoms with Gasteiger partial charge in [0.2, 0.25) is 0 Å². The molecular weight excluding hydrogens is 302 g/mol. The summed E-state index contributed by atoms with van der Waals surface area (Å²) in [5, 5.41) is 6.24. The summed E-state index contributed by atoms with van der Waals surface area (Å²) in [7, 11) is 0. The number of hydrogen-bond acceptors (Lipinski definition) is 4. The van der Waals surface area contributed by atoms with Crippen molar-refractivity contribution in [2.45, 2.75) is 38.8 Å². The summed E-state index contributed by atoms with van der Waals surface area (Å²) < 4.78 is 6.05. The minimum Gasteiger partial charge on any atom is -0.487 e. The van der Waals surface area contributed by atoms with Gasteiger partial charge in [-0.3, -0.25) is 4.79 Å². The average molecular weight is 325 g/mol. The van der Waals surface area contributed by atoms with E-state index < -0.39 is 0 Å². The topological polar surface area (TPSA) is 63.2 Å². The molecule has 3 rings (SSSR count). The number of fused-ring (bicyclic) bond motifs is 1. The number of anilines is 1. The molecule has 2 aromatic rings. The van der Waals surface area contributed by atoms with Gasteiger partial charge in [-0.1, -0.05) is 18.2 Å². The van der Waals surface area contributed by atoms with Crippen LogP contribution >= 0.6 is 0 Å². The van der Waals surface area contributed by atoms with Crippen LogP contribution in [0.15, 0.2) is 42.6 Å². The summed E-state index contributed by atoms with van der Waals surface area (Å²) >= 11 is 0. The van der Waals surface area contributed by atoms with Crippen LogP contribution in [0.3, 0.4) is 0 Å². The van der Waals surface area contributed by atoms with E-state index in [2.05, 4.69) is 35.5 Å². The highest BCUT2D eigenvalue weighted by atomic mass is 16.5. The first-order valence-corrected chi connectivity index (χ1v) is 8.27. The van der Waals surface area contributed by atoms with Crippen LogP contribution in [-0.4, -0.2) is 23.0 Å². The first kappa shape index (κ1) is 16.3. The van der Waals surface area contributed by atoms with Gasteiger partial charge < -0.3 is 15.4 Å². The molecule has 1 aromatic carbocycles. The van der Waals surface area contributed by atoms with Crippen molar-refractivity contribution < 1.29 is 9.53 Å². The molecule has 0 aliphatic carbocycles. The van der Waals surface area contributed by atoms with E-state index in [4.69, 9.17) is 4.74 Å². The third-order valence-corrected chi connectivity index (χ3v) is 4.06. The minimum atomic E-state index is -0.243. The van der Waals surface area contributed by atoms with Crippen LogP contribution in [0.5, 0.6) is 5.75 Å². The largest absolute Gasteiger partial charge is 0.487 e. The molecule has 1 amide bonds. The Labute approximate surface area is 142 Å². The lowest BCUT2D eigenvalue weighted by Crippen LogP contribution is -2.37. The molecule has 0 saturated heterocycles. The summed E-state index contributed by atoms with van der Waals surface area (Å²) in [6, 6.07) is 11.8. The lowest BCUT2D eigenvalue weighted by atomic mass is 9.90. The molecule has 126 valence electrons. The van der Waals surface area contributed by atoms with Gasteiger partial charge >= 0.3 is 0 Å². The monoisotopic (exact) mass is 325 g/mol. The van der Waals surface area contributed by atoms with E-state index >= 15 is 0 Å². The maximum atomic E-state index is 11.8. The van der Waals surface area contributed by atoms with Gasteiger partial charge in [-0.15, -0.1) is 0 Å². The second-order valence-electron chi connectivity index (χ2n) is 6.59. The molecule has 0 radical (unpaired) electrons. The first-order chi connectivity index (χ1) is 11.5. The predicted molar refractivity (Wildman–Crippen MR) is 94.4 cm³/mol. The van der Waals surface area contributed by atoms with E-state index in [1.807, 2.05) is 31.2 Å². The van der Waals surface area contributed by atoms with Crippen molar-refractivity contribution in [2.24, 2.45) is 0 Å². The van der Waals surface area contributed by atoms with Crippen molar-refractivity contribution in [1.82, 2.24) is 10.3 Å². The van der Waals surface area contributed by atoms with E-state index in [0.717, 1.165) is 23.6 Å². The molecule has 5 heteroatoms. The Morgan fingerprint density at radius 1 is 1.29 bits per heavy atom. The molecule has 0 spiro atoms. The number of hydrogen-bond donors (Lipinski definition) is 2. The van der Waals surface area contributed by atoms with Gasteiger partial charge in [0.15, 0.2) is 0 Å². The molecule has 1 aromatic heterocycles. The quantitative estimate of drug-likeness (QED) is 0.902. The number of pyridine rings is 1. The van der Waals surface area contributed by atoms with Crippen LogP contribution in [0, 0.1) is 0 Å². The Morgan fingerprint density at radius 2 is 2.08 bits per heavy atom. The molecule has 0 saturated carbocycles. The van der Waals surface area contributed by atoms with Gasteiger partial charge in [-0.2, -0.15) is 0 Å². The smallest absolute Gasteiger partial charge is 0.252 e. The normalized spacial score (nSPS) is 18.2. The van der Waals surface area contributed by atoms with E-state index in [1.54, 1.807) is 12.3 Å². The van der Waals surface area contributed by atoms with Gasteiger partial charge in [0.1, 0.15) is 17.2 Å². The van der Waals surface area contributed by atoms with Crippen LogP contribution in [0.25, 0.3) is 0 Å². The Morgan fingerprint density at radius 3 is 2.79 bits per heavy atom. The van der Waals surface area contributed by atoms with Crippen molar-refractivity contribution in [3.05, 3.63) is 53.7 Å². The second kappa shape index (κ2) is 6.51. The summed E-state index contributed by atoms with van der Waals surface area (Å²) in [5.41, 5.74) is 1.45. The number of carbonyl (C=O) groups is 1. The van der Waals surface area contributed by atoms with Gasteiger partial charge in [-0.05, 0) is 39.0 Å². The lowest BCUT2D eigenvalue weighted by Gasteiger charge is -2.38. The number of carbonyl (C=O) groups excluding carboxylic acids is 1. The molecule has 0 fully saturated rings. The fourth-order valence-electron chi connectivity index (χ4n) is 2.99. The van der Waals surface area contributed by atoms with Gasteiger partial charge in [0, 0.05) is 24.7 Å². The number of para-hydroxylation sites is 1. The van der Waals surface area contributed by atoms with Crippen LogP contribution in [0.1, 0.15) is 49.2 Å². The Kier molecular flexibility index (Phi) is 4.42. The highest BCUT2D eigenvalue weighted by Gasteiger charge is 2.33. The fourth-order valence-corrected chi connectivity index (χ4v) is 2.99. The van der Waals surface area contributed by atoms with Crippen LogP contribution in [0.4, 0.5) is 5.82 Å². The molecule has 2 heterocycles. The van der Waals surface area contributed by atoms with Crippen LogP contribution < -0.4 is 15.4 Å². The van der Waals surface area contributed by atoms with E-state index in [9.17, 15) is 4.79 Å². The lowest BCUT2D eigenvalue weighted by molar-refractivity contribution is 0.0758. The van der Waals surface area contributed by atoms with Gasteiger partial charge in [0.25, 0.3) is 5.91 Å². The van der Waals surface area contributed by atoms with Gasteiger partial charge in [-0.25, -0.2) is 4.98 Å². The summed E-state index contributed by atoms with van der Waals surface area (Å²) in [6.45, 7) is 6.67. The SMILES string of the molecule is CCNC(=O)c1ccc(NC2CC(C)(C)Oc3ccccc32)nc1.